The predicted octanol–water partition coefficient (Wildman–Crippen LogP) is -0.233. The summed E-state index contributed by atoms with van der Waals surface area (Å²) in [7, 11) is -3.41. The molecule has 1 aliphatic carbocycles. The summed E-state index contributed by atoms with van der Waals surface area (Å²) >= 11 is 0. The van der Waals surface area contributed by atoms with Crippen molar-refractivity contribution in [2.24, 2.45) is 0 Å². The van der Waals surface area contributed by atoms with E-state index in [1.165, 1.54) is 4.68 Å². The van der Waals surface area contributed by atoms with E-state index < -0.39 is 15.6 Å². The SMILES string of the molecule is CC(C)(NS(=O)(=O)C1CC1)c1cn(CC2CN(C(=O)Cc3nn(CCO)c(=O)c4ccccc34)CCO2)nn1. The van der Waals surface area contributed by atoms with Gasteiger partial charge in [-0.2, -0.15) is 5.10 Å². The molecule has 1 saturated heterocycles. The molecule has 0 spiro atoms. The minimum Gasteiger partial charge on any atom is -0.394 e. The van der Waals surface area contributed by atoms with Crippen LogP contribution in [0.25, 0.3) is 10.8 Å². The highest BCUT2D eigenvalue weighted by molar-refractivity contribution is 7.90. The lowest BCUT2D eigenvalue weighted by Gasteiger charge is -2.33. The van der Waals surface area contributed by atoms with E-state index in [2.05, 4.69) is 20.1 Å². The number of sulfonamides is 1. The van der Waals surface area contributed by atoms with Crippen molar-refractivity contribution in [2.75, 3.05) is 26.3 Å². The lowest BCUT2D eigenvalue weighted by atomic mass is 10.0. The molecule has 0 bridgehead atoms. The first-order chi connectivity index (χ1) is 18.6. The van der Waals surface area contributed by atoms with Gasteiger partial charge in [-0.15, -0.1) is 5.10 Å². The van der Waals surface area contributed by atoms with Crippen LogP contribution in [0, 0.1) is 0 Å². The molecule has 3 heterocycles. The van der Waals surface area contributed by atoms with Crippen molar-refractivity contribution in [3.8, 4) is 0 Å². The fraction of sp³-hybridized carbons (Fsp3) is 0.560. The molecule has 2 fully saturated rings. The number of fused-ring (bicyclic) bond motifs is 1. The zero-order chi connectivity index (χ0) is 27.8. The molecular formula is C25H33N7O6S. The van der Waals surface area contributed by atoms with E-state index in [4.69, 9.17) is 4.74 Å². The Morgan fingerprint density at radius 3 is 2.69 bits per heavy atom. The molecule has 0 radical (unpaired) electrons. The minimum atomic E-state index is -3.41. The topological polar surface area (TPSA) is 162 Å². The first kappa shape index (κ1) is 27.4. The second-order valence-electron chi connectivity index (χ2n) is 10.6. The van der Waals surface area contributed by atoms with Gasteiger partial charge in [0.05, 0.1) is 66.9 Å². The summed E-state index contributed by atoms with van der Waals surface area (Å²) < 4.78 is 36.2. The average molecular weight is 560 g/mol. The second-order valence-corrected chi connectivity index (χ2v) is 12.5. The third-order valence-electron chi connectivity index (χ3n) is 7.00. The fourth-order valence-corrected chi connectivity index (χ4v) is 6.48. The molecule has 3 aromatic rings. The molecule has 1 amide bonds. The van der Waals surface area contributed by atoms with Gasteiger partial charge in [-0.05, 0) is 32.8 Å². The van der Waals surface area contributed by atoms with Crippen LogP contribution in [0.5, 0.6) is 0 Å². The highest BCUT2D eigenvalue weighted by Gasteiger charge is 2.40. The van der Waals surface area contributed by atoms with E-state index in [1.807, 2.05) is 0 Å². The van der Waals surface area contributed by atoms with Crippen LogP contribution in [0.1, 0.15) is 38.1 Å². The van der Waals surface area contributed by atoms with Crippen LogP contribution < -0.4 is 10.3 Å². The molecule has 2 aromatic heterocycles. The Hall–Kier alpha value is -3.20. The molecule has 1 atom stereocenters. The number of nitrogens with one attached hydrogen (secondary N) is 1. The molecule has 13 nitrogen and oxygen atoms in total. The summed E-state index contributed by atoms with van der Waals surface area (Å²) in [5.74, 6) is -0.148. The van der Waals surface area contributed by atoms with E-state index in [9.17, 15) is 23.1 Å². The summed E-state index contributed by atoms with van der Waals surface area (Å²) in [4.78, 5) is 27.7. The average Bonchev–Trinajstić information content (AvgIpc) is 3.66. The Morgan fingerprint density at radius 2 is 1.97 bits per heavy atom. The molecule has 39 heavy (non-hydrogen) atoms. The number of hydrogen-bond donors (Lipinski definition) is 2. The van der Waals surface area contributed by atoms with Crippen LogP contribution in [0.2, 0.25) is 0 Å². The molecule has 1 unspecified atom stereocenters. The van der Waals surface area contributed by atoms with Gasteiger partial charge in [0, 0.05) is 18.5 Å². The number of aliphatic hydroxyl groups excluding tert-OH is 1. The number of ether oxygens (including phenoxy) is 1. The quantitative estimate of drug-likeness (QED) is 0.342. The van der Waals surface area contributed by atoms with Gasteiger partial charge in [-0.3, -0.25) is 9.59 Å². The van der Waals surface area contributed by atoms with Crippen LogP contribution >= 0.6 is 0 Å². The van der Waals surface area contributed by atoms with Crippen LogP contribution in [-0.2, 0) is 44.6 Å². The van der Waals surface area contributed by atoms with Crippen molar-refractivity contribution < 1.29 is 23.1 Å². The normalized spacial score (nSPS) is 18.5. The summed E-state index contributed by atoms with van der Waals surface area (Å²) in [5.41, 5.74) is -0.259. The first-order valence-electron chi connectivity index (χ1n) is 13.0. The molecule has 1 aliphatic heterocycles. The van der Waals surface area contributed by atoms with Gasteiger partial charge in [0.25, 0.3) is 5.56 Å². The zero-order valence-electron chi connectivity index (χ0n) is 22.0. The van der Waals surface area contributed by atoms with Crippen LogP contribution in [-0.4, -0.2) is 86.8 Å². The Labute approximate surface area is 225 Å². The Balaban J connectivity index is 1.25. The number of carbonyl (C=O) groups excluding carboxylic acids is 1. The fourth-order valence-electron chi connectivity index (χ4n) is 4.75. The third kappa shape index (κ3) is 6.03. The highest BCUT2D eigenvalue weighted by atomic mass is 32.2. The smallest absolute Gasteiger partial charge is 0.274 e. The lowest BCUT2D eigenvalue weighted by molar-refractivity contribution is -0.138. The maximum Gasteiger partial charge on any atom is 0.274 e. The summed E-state index contributed by atoms with van der Waals surface area (Å²) in [6.07, 6.45) is 2.70. The number of amides is 1. The molecule has 1 saturated carbocycles. The van der Waals surface area contributed by atoms with Gasteiger partial charge in [0.1, 0.15) is 5.69 Å². The van der Waals surface area contributed by atoms with Gasteiger partial charge < -0.3 is 14.7 Å². The summed E-state index contributed by atoms with van der Waals surface area (Å²) in [5, 5.41) is 22.8. The van der Waals surface area contributed by atoms with Crippen molar-refractivity contribution in [1.29, 1.82) is 0 Å². The summed E-state index contributed by atoms with van der Waals surface area (Å²) in [6, 6.07) is 7.01. The Bertz CT molecular complexity index is 1530. The molecular weight excluding hydrogens is 526 g/mol. The first-order valence-corrected chi connectivity index (χ1v) is 14.5. The standard InChI is InChI=1S/C25H33N7O6S/c1-25(2,28-39(36,37)18-7-8-18)22-16-31(29-26-22)15-17-14-30(10-12-38-17)23(34)13-21-19-5-3-4-6-20(19)24(35)32(27-21)9-11-33/h3-6,16-18,28,33H,7-15H2,1-2H3. The summed E-state index contributed by atoms with van der Waals surface area (Å²) in [6.45, 7) is 4.75. The van der Waals surface area contributed by atoms with Crippen molar-refractivity contribution >= 4 is 26.7 Å². The highest BCUT2D eigenvalue weighted by Crippen LogP contribution is 2.30. The largest absolute Gasteiger partial charge is 0.394 e. The molecule has 14 heteroatoms. The van der Waals surface area contributed by atoms with Gasteiger partial charge in [0.2, 0.25) is 15.9 Å². The maximum absolute atomic E-state index is 13.3. The van der Waals surface area contributed by atoms with E-state index in [-0.39, 0.29) is 42.4 Å². The third-order valence-corrected chi connectivity index (χ3v) is 9.14. The van der Waals surface area contributed by atoms with Gasteiger partial charge in [-0.25, -0.2) is 22.5 Å². The van der Waals surface area contributed by atoms with Gasteiger partial charge >= 0.3 is 0 Å². The zero-order valence-corrected chi connectivity index (χ0v) is 22.8. The monoisotopic (exact) mass is 559 g/mol. The van der Waals surface area contributed by atoms with Gasteiger partial charge in [0.15, 0.2) is 0 Å². The molecule has 210 valence electrons. The van der Waals surface area contributed by atoms with E-state index in [1.54, 1.807) is 53.9 Å². The van der Waals surface area contributed by atoms with E-state index in [0.717, 1.165) is 0 Å². The molecule has 2 N–H and O–H groups in total. The van der Waals surface area contributed by atoms with Crippen molar-refractivity contribution in [1.82, 2.24) is 34.4 Å². The number of aliphatic hydroxyl groups is 1. The van der Waals surface area contributed by atoms with E-state index >= 15 is 0 Å². The number of aromatic nitrogens is 5. The van der Waals surface area contributed by atoms with E-state index in [0.29, 0.717) is 61.2 Å². The number of hydrogen-bond acceptors (Lipinski definition) is 9. The van der Waals surface area contributed by atoms with Crippen LogP contribution in [0.15, 0.2) is 35.3 Å². The van der Waals surface area contributed by atoms with Crippen LogP contribution in [0.4, 0.5) is 0 Å². The maximum atomic E-state index is 13.3. The number of nitrogens with zero attached hydrogens (tertiary/aromatic N) is 6. The Morgan fingerprint density at radius 1 is 1.23 bits per heavy atom. The van der Waals surface area contributed by atoms with Crippen molar-refractivity contribution in [3.63, 3.8) is 0 Å². The molecule has 5 rings (SSSR count). The van der Waals surface area contributed by atoms with Gasteiger partial charge in [-0.1, -0.05) is 23.4 Å². The van der Waals surface area contributed by atoms with Crippen molar-refractivity contribution in [3.05, 3.63) is 52.2 Å². The number of rotatable bonds is 10. The minimum absolute atomic E-state index is 0.00173. The van der Waals surface area contributed by atoms with Crippen molar-refractivity contribution in [2.45, 2.75) is 63.1 Å². The Kier molecular flexibility index (Phi) is 7.55. The number of carbonyl (C=O) groups is 1. The second kappa shape index (κ2) is 10.8. The number of benzene rings is 1. The lowest BCUT2D eigenvalue weighted by Crippen LogP contribution is -2.47. The number of morpholine rings is 1. The van der Waals surface area contributed by atoms with Crippen LogP contribution in [0.3, 0.4) is 0 Å². The molecule has 2 aliphatic rings. The molecule has 1 aromatic carbocycles. The predicted molar refractivity (Wildman–Crippen MR) is 141 cm³/mol.